The van der Waals surface area contributed by atoms with Gasteiger partial charge in [-0.15, -0.1) is 0 Å². The second kappa shape index (κ2) is 14.1. The number of methoxy groups -OCH3 is 1. The van der Waals surface area contributed by atoms with Gasteiger partial charge in [0.25, 0.3) is 0 Å². The van der Waals surface area contributed by atoms with Gasteiger partial charge in [0.2, 0.25) is 0 Å². The second-order valence-corrected chi connectivity index (χ2v) is 6.96. The highest BCUT2D eigenvalue weighted by molar-refractivity contribution is 6.10. The number of rotatable bonds is 13. The molecule has 1 atom stereocenters. The zero-order valence-corrected chi connectivity index (χ0v) is 17.4. The van der Waals surface area contributed by atoms with Crippen molar-refractivity contribution in [3.63, 3.8) is 0 Å². The number of unbranched alkanes of at least 4 members (excludes halogenated alkanes) is 6. The van der Waals surface area contributed by atoms with E-state index < -0.39 is 12.0 Å². The standard InChI is InChI=1S/C24H29N3O2/c1-3-4-5-6-7-8-12-15-22(29-2)23(21(18-27)20(16-25)17-26)24(28)19-13-10-9-11-14-19/h9-11,13-14,20,22H,3-8,12,15H2,1-2H3/b23-21+. The number of allylic oxidation sites excluding steroid dienone is 1. The Bertz CT molecular complexity index is 780. The summed E-state index contributed by atoms with van der Waals surface area (Å²) in [5.74, 6) is -1.66. The molecule has 152 valence electrons. The number of carbonyl (C=O) groups is 1. The highest BCUT2D eigenvalue weighted by atomic mass is 16.5. The molecule has 1 aromatic carbocycles. The minimum absolute atomic E-state index is 0.112. The quantitative estimate of drug-likeness (QED) is 0.191. The predicted octanol–water partition coefficient (Wildman–Crippen LogP) is 5.51. The first kappa shape index (κ1) is 24.1. The number of nitrogens with zero attached hydrogens (tertiary/aromatic N) is 3. The lowest BCUT2D eigenvalue weighted by Crippen LogP contribution is -2.24. The van der Waals surface area contributed by atoms with Crippen molar-refractivity contribution < 1.29 is 9.53 Å². The minimum atomic E-state index is -1.30. The molecule has 0 heterocycles. The molecule has 5 nitrogen and oxygen atoms in total. The Balaban J connectivity index is 3.09. The lowest BCUT2D eigenvalue weighted by atomic mass is 9.87. The topological polar surface area (TPSA) is 97.7 Å². The van der Waals surface area contributed by atoms with E-state index >= 15 is 0 Å². The molecule has 29 heavy (non-hydrogen) atoms. The summed E-state index contributed by atoms with van der Waals surface area (Å²) in [6.45, 7) is 2.18. The zero-order chi connectivity index (χ0) is 21.5. The van der Waals surface area contributed by atoms with Crippen LogP contribution in [0, 0.1) is 39.9 Å². The van der Waals surface area contributed by atoms with E-state index in [4.69, 9.17) is 4.74 Å². The number of hydrogen-bond donors (Lipinski definition) is 0. The van der Waals surface area contributed by atoms with E-state index in [2.05, 4.69) is 6.92 Å². The summed E-state index contributed by atoms with van der Waals surface area (Å²) in [6.07, 6.45) is 7.77. The Kier molecular flexibility index (Phi) is 11.7. The molecule has 0 bridgehead atoms. The normalized spacial score (nSPS) is 12.4. The number of ether oxygens (including phenoxy) is 1. The lowest BCUT2D eigenvalue weighted by Gasteiger charge is -2.20. The van der Waals surface area contributed by atoms with E-state index in [9.17, 15) is 20.6 Å². The van der Waals surface area contributed by atoms with Gasteiger partial charge in [-0.2, -0.15) is 15.8 Å². The van der Waals surface area contributed by atoms with Crippen molar-refractivity contribution in [2.75, 3.05) is 7.11 Å². The van der Waals surface area contributed by atoms with Crippen LogP contribution in [0.4, 0.5) is 0 Å². The van der Waals surface area contributed by atoms with E-state index in [-0.39, 0.29) is 16.9 Å². The highest BCUT2D eigenvalue weighted by Gasteiger charge is 2.29. The Hall–Kier alpha value is -2.94. The number of Topliss-reactive ketones (excluding diaryl/α,β-unsaturated/α-hetero) is 1. The monoisotopic (exact) mass is 391 g/mol. The molecular weight excluding hydrogens is 362 g/mol. The van der Waals surface area contributed by atoms with Crippen LogP contribution in [0.1, 0.15) is 68.6 Å². The molecule has 0 aliphatic rings. The number of benzene rings is 1. The average Bonchev–Trinajstić information content (AvgIpc) is 2.77. The summed E-state index contributed by atoms with van der Waals surface area (Å²) in [5, 5.41) is 28.2. The van der Waals surface area contributed by atoms with Crippen LogP contribution in [0.15, 0.2) is 41.5 Å². The van der Waals surface area contributed by atoms with E-state index in [0.717, 1.165) is 19.3 Å². The summed E-state index contributed by atoms with van der Waals surface area (Å²) < 4.78 is 5.57. The van der Waals surface area contributed by atoms with E-state index in [1.807, 2.05) is 18.2 Å². The smallest absolute Gasteiger partial charge is 0.192 e. The van der Waals surface area contributed by atoms with Crippen LogP contribution in [0.2, 0.25) is 0 Å². The molecule has 0 saturated heterocycles. The molecule has 0 N–H and O–H groups in total. The zero-order valence-electron chi connectivity index (χ0n) is 17.4. The number of hydrogen-bond acceptors (Lipinski definition) is 5. The van der Waals surface area contributed by atoms with Crippen LogP contribution in [0.5, 0.6) is 0 Å². The fourth-order valence-electron chi connectivity index (χ4n) is 3.29. The first-order chi connectivity index (χ1) is 14.1. The lowest BCUT2D eigenvalue weighted by molar-refractivity contribution is 0.0895. The van der Waals surface area contributed by atoms with Crippen molar-refractivity contribution in [1.29, 1.82) is 15.8 Å². The summed E-state index contributed by atoms with van der Waals surface area (Å²) in [7, 11) is 1.49. The molecule has 0 saturated carbocycles. The molecular formula is C24H29N3O2. The predicted molar refractivity (Wildman–Crippen MR) is 112 cm³/mol. The van der Waals surface area contributed by atoms with Crippen molar-refractivity contribution in [1.82, 2.24) is 0 Å². The summed E-state index contributed by atoms with van der Waals surface area (Å²) >= 11 is 0. The van der Waals surface area contributed by atoms with Crippen molar-refractivity contribution in [2.45, 2.75) is 64.4 Å². The molecule has 1 unspecified atom stereocenters. The minimum Gasteiger partial charge on any atom is -0.377 e. The molecule has 1 rings (SSSR count). The van der Waals surface area contributed by atoms with Crippen LogP contribution in [0.3, 0.4) is 0 Å². The Morgan fingerprint density at radius 2 is 1.55 bits per heavy atom. The van der Waals surface area contributed by atoms with Crippen molar-refractivity contribution in [3.8, 4) is 18.2 Å². The van der Waals surface area contributed by atoms with Crippen LogP contribution in [-0.4, -0.2) is 19.0 Å². The number of nitriles is 3. The van der Waals surface area contributed by atoms with Gasteiger partial charge in [0.05, 0.1) is 29.9 Å². The van der Waals surface area contributed by atoms with Gasteiger partial charge < -0.3 is 4.74 Å². The summed E-state index contributed by atoms with van der Waals surface area (Å²) in [6, 6.07) is 14.1. The summed E-state index contributed by atoms with van der Waals surface area (Å²) in [5.41, 5.74) is 0.422. The van der Waals surface area contributed by atoms with Gasteiger partial charge in [0.15, 0.2) is 11.7 Å². The van der Waals surface area contributed by atoms with Crippen molar-refractivity contribution >= 4 is 5.78 Å². The molecule has 5 heteroatoms. The van der Waals surface area contributed by atoms with Crippen LogP contribution in [0.25, 0.3) is 0 Å². The second-order valence-electron chi connectivity index (χ2n) is 6.96. The third-order valence-corrected chi connectivity index (χ3v) is 4.91. The number of carbonyl (C=O) groups excluding carboxylic acids is 1. The van der Waals surface area contributed by atoms with Gasteiger partial charge in [0.1, 0.15) is 0 Å². The van der Waals surface area contributed by atoms with Gasteiger partial charge in [-0.3, -0.25) is 4.79 Å². The third kappa shape index (κ3) is 7.53. The van der Waals surface area contributed by atoms with Crippen molar-refractivity contribution in [3.05, 3.63) is 47.0 Å². The molecule has 0 aliphatic heterocycles. The Morgan fingerprint density at radius 1 is 0.966 bits per heavy atom. The fourth-order valence-corrected chi connectivity index (χ4v) is 3.29. The SMILES string of the molecule is CCCCCCCCCC(OC)/C(C(=O)c1ccccc1)=C(/C#N)C(C#N)C#N. The Morgan fingerprint density at radius 3 is 2.07 bits per heavy atom. The molecule has 0 spiro atoms. The van der Waals surface area contributed by atoms with E-state index in [1.165, 1.54) is 32.8 Å². The first-order valence-corrected chi connectivity index (χ1v) is 10.2. The maximum absolute atomic E-state index is 13.2. The molecule has 0 aliphatic carbocycles. The van der Waals surface area contributed by atoms with E-state index in [1.54, 1.807) is 30.3 Å². The van der Waals surface area contributed by atoms with Gasteiger partial charge in [-0.25, -0.2) is 0 Å². The maximum atomic E-state index is 13.2. The average molecular weight is 392 g/mol. The first-order valence-electron chi connectivity index (χ1n) is 10.2. The Labute approximate surface area is 174 Å². The van der Waals surface area contributed by atoms with Gasteiger partial charge in [0, 0.05) is 18.2 Å². The van der Waals surface area contributed by atoms with Crippen molar-refractivity contribution in [2.24, 2.45) is 5.92 Å². The molecule has 0 radical (unpaired) electrons. The largest absolute Gasteiger partial charge is 0.377 e. The molecule has 0 amide bonds. The summed E-state index contributed by atoms with van der Waals surface area (Å²) in [4.78, 5) is 13.2. The molecule has 0 fully saturated rings. The molecule has 1 aromatic rings. The fraction of sp³-hybridized carbons (Fsp3) is 0.500. The van der Waals surface area contributed by atoms with E-state index in [0.29, 0.717) is 12.0 Å². The maximum Gasteiger partial charge on any atom is 0.192 e. The third-order valence-electron chi connectivity index (χ3n) is 4.91. The van der Waals surface area contributed by atoms with Gasteiger partial charge in [-0.05, 0) is 6.42 Å². The number of ketones is 1. The molecule has 0 aromatic heterocycles. The van der Waals surface area contributed by atoms with Crippen LogP contribution < -0.4 is 0 Å². The van der Waals surface area contributed by atoms with Gasteiger partial charge in [-0.1, -0.05) is 82.2 Å². The van der Waals surface area contributed by atoms with Gasteiger partial charge >= 0.3 is 0 Å². The highest BCUT2D eigenvalue weighted by Crippen LogP contribution is 2.26. The van der Waals surface area contributed by atoms with Crippen LogP contribution in [-0.2, 0) is 4.74 Å². The van der Waals surface area contributed by atoms with Crippen LogP contribution >= 0.6 is 0 Å².